The second-order valence-electron chi connectivity index (χ2n) is 3.94. The third-order valence-corrected chi connectivity index (χ3v) is 1.92. The molecule has 84 valence electrons. The Hall–Kier alpha value is -0.570. The summed E-state index contributed by atoms with van der Waals surface area (Å²) in [7, 11) is 0. The van der Waals surface area contributed by atoms with Gasteiger partial charge in [-0.2, -0.15) is 0 Å². The van der Waals surface area contributed by atoms with Gasteiger partial charge < -0.3 is 10.2 Å². The van der Waals surface area contributed by atoms with E-state index in [1.54, 1.807) is 0 Å². The maximum absolute atomic E-state index is 11.4. The molecule has 0 aromatic heterocycles. The summed E-state index contributed by atoms with van der Waals surface area (Å²) in [5, 5.41) is 3.21. The second kappa shape index (κ2) is 7.80. The number of nitrogens with zero attached hydrogens (tertiary/aromatic N) is 1. The Kier molecular flexibility index (Phi) is 7.48. The van der Waals surface area contributed by atoms with E-state index in [1.165, 1.54) is 6.42 Å². The molecule has 0 aromatic carbocycles. The van der Waals surface area contributed by atoms with Crippen molar-refractivity contribution in [2.24, 2.45) is 5.92 Å². The number of amides is 1. The quantitative estimate of drug-likeness (QED) is 0.695. The fraction of sp³-hybridized carbons (Fsp3) is 0.909. The molecule has 14 heavy (non-hydrogen) atoms. The lowest BCUT2D eigenvalue weighted by Crippen LogP contribution is -2.47. The molecule has 0 atom stereocenters. The van der Waals surface area contributed by atoms with Crippen LogP contribution in [0, 0.1) is 5.92 Å². The Morgan fingerprint density at radius 2 is 1.71 bits per heavy atom. The Morgan fingerprint density at radius 1 is 1.29 bits per heavy atom. The molecule has 1 aliphatic heterocycles. The Morgan fingerprint density at radius 3 is 2.07 bits per heavy atom. The highest BCUT2D eigenvalue weighted by atomic mass is 16.2. The van der Waals surface area contributed by atoms with E-state index in [2.05, 4.69) is 19.2 Å². The first-order valence-corrected chi connectivity index (χ1v) is 5.62. The molecule has 3 heteroatoms. The maximum Gasteiger partial charge on any atom is 0.225 e. The van der Waals surface area contributed by atoms with E-state index in [0.717, 1.165) is 26.2 Å². The summed E-state index contributed by atoms with van der Waals surface area (Å²) < 4.78 is 0. The van der Waals surface area contributed by atoms with Crippen molar-refractivity contribution in [2.45, 2.75) is 34.1 Å². The number of hydrogen-bond donors (Lipinski definition) is 1. The summed E-state index contributed by atoms with van der Waals surface area (Å²) >= 11 is 0. The molecule has 0 radical (unpaired) electrons. The molecular formula is C11H24N2O. The highest BCUT2D eigenvalue weighted by molar-refractivity contribution is 5.78. The lowest BCUT2D eigenvalue weighted by molar-refractivity contribution is -0.134. The van der Waals surface area contributed by atoms with E-state index in [4.69, 9.17) is 0 Å². The largest absolute Gasteiger partial charge is 0.340 e. The van der Waals surface area contributed by atoms with E-state index < -0.39 is 0 Å². The van der Waals surface area contributed by atoms with Gasteiger partial charge in [-0.15, -0.1) is 0 Å². The smallest absolute Gasteiger partial charge is 0.225 e. The van der Waals surface area contributed by atoms with Crippen molar-refractivity contribution in [1.82, 2.24) is 10.2 Å². The van der Waals surface area contributed by atoms with Crippen LogP contribution in [0.1, 0.15) is 34.1 Å². The van der Waals surface area contributed by atoms with E-state index in [0.29, 0.717) is 0 Å². The van der Waals surface area contributed by atoms with Crippen LogP contribution in [0.3, 0.4) is 0 Å². The average molecular weight is 200 g/mol. The van der Waals surface area contributed by atoms with Crippen LogP contribution in [0.2, 0.25) is 0 Å². The minimum absolute atomic E-state index is 0.146. The van der Waals surface area contributed by atoms with Crippen LogP contribution < -0.4 is 5.32 Å². The molecule has 1 N–H and O–H groups in total. The van der Waals surface area contributed by atoms with Gasteiger partial charge in [0.05, 0.1) is 0 Å². The maximum atomic E-state index is 11.4. The molecule has 0 spiro atoms. The van der Waals surface area contributed by atoms with Gasteiger partial charge >= 0.3 is 0 Å². The summed E-state index contributed by atoms with van der Waals surface area (Å²) in [6.07, 6.45) is 1.25. The topological polar surface area (TPSA) is 32.3 Å². The number of nitrogens with one attached hydrogen (secondary N) is 1. The molecule has 3 nitrogen and oxygen atoms in total. The molecule has 0 bridgehead atoms. The predicted octanol–water partition coefficient (Wildman–Crippen LogP) is 1.49. The Labute approximate surface area is 87.9 Å². The van der Waals surface area contributed by atoms with E-state index >= 15 is 0 Å². The molecule has 0 saturated carbocycles. The monoisotopic (exact) mass is 200 g/mol. The summed E-state index contributed by atoms with van der Waals surface area (Å²) in [4.78, 5) is 13.3. The van der Waals surface area contributed by atoms with Crippen molar-refractivity contribution < 1.29 is 4.79 Å². The number of carbonyl (C=O) groups excluding carboxylic acids is 1. The zero-order chi connectivity index (χ0) is 11.0. The van der Waals surface area contributed by atoms with Gasteiger partial charge in [0.15, 0.2) is 0 Å². The van der Waals surface area contributed by atoms with Crippen molar-refractivity contribution >= 4 is 5.91 Å². The van der Waals surface area contributed by atoms with Gasteiger partial charge in [0.1, 0.15) is 0 Å². The molecule has 1 saturated heterocycles. The van der Waals surface area contributed by atoms with Gasteiger partial charge in [-0.05, 0) is 0 Å². The van der Waals surface area contributed by atoms with Gasteiger partial charge in [0.2, 0.25) is 5.91 Å². The standard InChI is InChI=1S/C8H16N2O.C3H8/c1-7(2)8(11)10-5-3-9-4-6-10;1-3-2/h7,9H,3-6H2,1-2H3;3H2,1-2H3. The summed E-state index contributed by atoms with van der Waals surface area (Å²) in [5.74, 6) is 0.430. The van der Waals surface area contributed by atoms with E-state index in [-0.39, 0.29) is 11.8 Å². The van der Waals surface area contributed by atoms with Crippen LogP contribution in [-0.4, -0.2) is 37.0 Å². The van der Waals surface area contributed by atoms with Crippen molar-refractivity contribution in [1.29, 1.82) is 0 Å². The number of hydrogen-bond acceptors (Lipinski definition) is 2. The highest BCUT2D eigenvalue weighted by Crippen LogP contribution is 2.01. The summed E-state index contributed by atoms with van der Waals surface area (Å²) in [5.41, 5.74) is 0. The van der Waals surface area contributed by atoms with E-state index in [1.807, 2.05) is 18.7 Å². The summed E-state index contributed by atoms with van der Waals surface area (Å²) in [6.45, 7) is 11.8. The van der Waals surface area contributed by atoms with Crippen LogP contribution in [0.5, 0.6) is 0 Å². The SMILES string of the molecule is CC(C)C(=O)N1CCNCC1.CCC. The number of piperazine rings is 1. The second-order valence-corrected chi connectivity index (χ2v) is 3.94. The zero-order valence-corrected chi connectivity index (χ0v) is 9.97. The lowest BCUT2D eigenvalue weighted by atomic mass is 10.2. The molecular weight excluding hydrogens is 176 g/mol. The Balaban J connectivity index is 0.000000500. The van der Waals surface area contributed by atoms with Crippen LogP contribution in [0.15, 0.2) is 0 Å². The van der Waals surface area contributed by atoms with Gasteiger partial charge in [-0.1, -0.05) is 34.1 Å². The molecule has 1 heterocycles. The molecule has 0 aliphatic carbocycles. The normalized spacial score (nSPS) is 16.2. The molecule has 1 amide bonds. The number of carbonyl (C=O) groups is 1. The average Bonchev–Trinajstić information content (AvgIpc) is 2.19. The first-order valence-electron chi connectivity index (χ1n) is 5.62. The molecule has 0 aromatic rings. The van der Waals surface area contributed by atoms with Crippen molar-refractivity contribution in [3.63, 3.8) is 0 Å². The summed E-state index contributed by atoms with van der Waals surface area (Å²) in [6, 6.07) is 0. The minimum atomic E-state index is 0.146. The van der Waals surface area contributed by atoms with Crippen LogP contribution in [0.25, 0.3) is 0 Å². The van der Waals surface area contributed by atoms with Crippen LogP contribution >= 0.6 is 0 Å². The lowest BCUT2D eigenvalue weighted by Gasteiger charge is -2.28. The van der Waals surface area contributed by atoms with Gasteiger partial charge in [-0.25, -0.2) is 0 Å². The molecule has 1 fully saturated rings. The number of rotatable bonds is 1. The first-order chi connectivity index (χ1) is 6.63. The minimum Gasteiger partial charge on any atom is -0.340 e. The van der Waals surface area contributed by atoms with Gasteiger partial charge in [0, 0.05) is 32.1 Å². The van der Waals surface area contributed by atoms with E-state index in [9.17, 15) is 4.79 Å². The predicted molar refractivity (Wildman–Crippen MR) is 60.3 cm³/mol. The van der Waals surface area contributed by atoms with Crippen LogP contribution in [0.4, 0.5) is 0 Å². The van der Waals surface area contributed by atoms with Crippen LogP contribution in [-0.2, 0) is 4.79 Å². The molecule has 0 unspecified atom stereocenters. The third kappa shape index (κ3) is 5.22. The third-order valence-electron chi connectivity index (χ3n) is 1.92. The van der Waals surface area contributed by atoms with Gasteiger partial charge in [-0.3, -0.25) is 4.79 Å². The fourth-order valence-corrected chi connectivity index (χ4v) is 1.25. The van der Waals surface area contributed by atoms with Crippen molar-refractivity contribution in [3.8, 4) is 0 Å². The first kappa shape index (κ1) is 13.4. The molecule has 1 rings (SSSR count). The van der Waals surface area contributed by atoms with Crippen molar-refractivity contribution in [3.05, 3.63) is 0 Å². The highest BCUT2D eigenvalue weighted by Gasteiger charge is 2.18. The zero-order valence-electron chi connectivity index (χ0n) is 9.97. The fourth-order valence-electron chi connectivity index (χ4n) is 1.25. The Bertz CT molecular complexity index is 151. The van der Waals surface area contributed by atoms with Gasteiger partial charge in [0.25, 0.3) is 0 Å². The van der Waals surface area contributed by atoms with Crippen molar-refractivity contribution in [2.75, 3.05) is 26.2 Å². The molecule has 1 aliphatic rings.